The summed E-state index contributed by atoms with van der Waals surface area (Å²) in [5.74, 6) is 0.684. The molecule has 0 aliphatic heterocycles. The highest BCUT2D eigenvalue weighted by Crippen LogP contribution is 2.44. The third-order valence-electron chi connectivity index (χ3n) is 5.44. The lowest BCUT2D eigenvalue weighted by atomic mass is 9.77. The fraction of sp³-hybridized carbons (Fsp3) is 0.481. The highest BCUT2D eigenvalue weighted by Gasteiger charge is 2.28. The Morgan fingerprint density at radius 1 is 0.621 bits per heavy atom. The van der Waals surface area contributed by atoms with Crippen molar-refractivity contribution in [2.45, 2.75) is 85.5 Å². The van der Waals surface area contributed by atoms with E-state index < -0.39 is 0 Å². The zero-order chi connectivity index (χ0) is 22.5. The Labute approximate surface area is 177 Å². The van der Waals surface area contributed by atoms with E-state index in [1.165, 1.54) is 0 Å². The van der Waals surface area contributed by atoms with Gasteiger partial charge in [-0.1, -0.05) is 68.9 Å². The minimum absolute atomic E-state index is 0.193. The molecule has 2 aromatic rings. The first-order chi connectivity index (χ1) is 12.9. The molecule has 0 radical (unpaired) electrons. The topological polar surface area (TPSA) is 40.5 Å². The largest absolute Gasteiger partial charge is 0.507 e. The predicted octanol–water partition coefficient (Wildman–Crippen LogP) is 7.69. The molecular formula is C27H38O2. The van der Waals surface area contributed by atoms with Gasteiger partial charge in [0, 0.05) is 22.3 Å². The van der Waals surface area contributed by atoms with E-state index in [1.54, 1.807) is 0 Å². The molecular weight excluding hydrogens is 356 g/mol. The molecule has 158 valence electrons. The molecule has 0 atom stereocenters. The Balaban J connectivity index is 2.94. The maximum Gasteiger partial charge on any atom is 0.126 e. The number of benzene rings is 2. The van der Waals surface area contributed by atoms with Crippen LogP contribution in [0.3, 0.4) is 0 Å². The molecule has 0 spiro atoms. The van der Waals surface area contributed by atoms with E-state index in [0.717, 1.165) is 39.0 Å². The minimum atomic E-state index is -0.207. The molecule has 2 aromatic carbocycles. The summed E-state index contributed by atoms with van der Waals surface area (Å²) in [6.45, 7) is 25.0. The van der Waals surface area contributed by atoms with E-state index in [-0.39, 0.29) is 16.2 Å². The van der Waals surface area contributed by atoms with E-state index in [9.17, 15) is 10.2 Å². The van der Waals surface area contributed by atoms with E-state index in [2.05, 4.69) is 87.1 Å². The van der Waals surface area contributed by atoms with E-state index >= 15 is 0 Å². The number of aromatic hydroxyl groups is 2. The van der Waals surface area contributed by atoms with Crippen LogP contribution >= 0.6 is 0 Å². The molecule has 0 saturated heterocycles. The Kier molecular flexibility index (Phi) is 5.75. The summed E-state index contributed by atoms with van der Waals surface area (Å²) in [6, 6.07) is 8.27. The van der Waals surface area contributed by atoms with Gasteiger partial charge in [-0.05, 0) is 64.1 Å². The first-order valence-electron chi connectivity index (χ1n) is 10.4. The van der Waals surface area contributed by atoms with E-state index in [1.807, 2.05) is 13.0 Å². The number of phenols is 2. The predicted molar refractivity (Wildman–Crippen MR) is 126 cm³/mol. The van der Waals surface area contributed by atoms with Crippen LogP contribution in [0.1, 0.15) is 91.5 Å². The van der Waals surface area contributed by atoms with E-state index in [4.69, 9.17) is 0 Å². The van der Waals surface area contributed by atoms with Gasteiger partial charge in [0.25, 0.3) is 0 Å². The Hall–Kier alpha value is -2.22. The molecule has 0 aliphatic carbocycles. The Bertz CT molecular complexity index is 907. The van der Waals surface area contributed by atoms with Crippen LogP contribution in [-0.4, -0.2) is 10.2 Å². The lowest BCUT2D eigenvalue weighted by Gasteiger charge is -2.29. The molecule has 0 amide bonds. The van der Waals surface area contributed by atoms with Crippen LogP contribution in [0.25, 0.3) is 16.7 Å². The highest BCUT2D eigenvalue weighted by atomic mass is 16.3. The summed E-state index contributed by atoms with van der Waals surface area (Å²) < 4.78 is 0. The van der Waals surface area contributed by atoms with Gasteiger partial charge < -0.3 is 10.2 Å². The smallest absolute Gasteiger partial charge is 0.126 e. The summed E-state index contributed by atoms with van der Waals surface area (Å²) in [6.07, 6.45) is 0. The van der Waals surface area contributed by atoms with Crippen molar-refractivity contribution >= 4 is 5.57 Å². The summed E-state index contributed by atoms with van der Waals surface area (Å²) >= 11 is 0. The third-order valence-corrected chi connectivity index (χ3v) is 5.44. The molecule has 0 aromatic heterocycles. The first-order valence-corrected chi connectivity index (χ1v) is 10.4. The fourth-order valence-corrected chi connectivity index (χ4v) is 3.64. The van der Waals surface area contributed by atoms with Gasteiger partial charge in [0.2, 0.25) is 0 Å². The second kappa shape index (κ2) is 7.23. The third kappa shape index (κ3) is 4.69. The van der Waals surface area contributed by atoms with Crippen molar-refractivity contribution in [1.82, 2.24) is 0 Å². The molecule has 2 nitrogen and oxygen atoms in total. The van der Waals surface area contributed by atoms with Crippen molar-refractivity contribution in [1.29, 1.82) is 0 Å². The normalized spacial score (nSPS) is 12.9. The van der Waals surface area contributed by atoms with Gasteiger partial charge in [-0.3, -0.25) is 0 Å². The van der Waals surface area contributed by atoms with Crippen molar-refractivity contribution in [3.63, 3.8) is 0 Å². The van der Waals surface area contributed by atoms with Crippen LogP contribution in [-0.2, 0) is 16.2 Å². The standard InChI is InChI=1S/C27H38O2/c1-16(2)19-12-17(13-20(23(19)28)25(3,4)5)18-14-21(26(6,7)8)24(29)22(15-18)27(9,10)11/h12-15,28-29H,1H2,2-11H3. The maximum atomic E-state index is 11.0. The zero-order valence-electron chi connectivity index (χ0n) is 19.9. The maximum absolute atomic E-state index is 11.0. The van der Waals surface area contributed by atoms with Crippen molar-refractivity contribution in [3.05, 3.63) is 53.1 Å². The molecule has 0 unspecified atom stereocenters. The van der Waals surface area contributed by atoms with Gasteiger partial charge in [-0.15, -0.1) is 0 Å². The SMILES string of the molecule is C=C(C)c1cc(-c2cc(C(C)(C)C)c(O)c(C(C)(C)C)c2)cc(C(C)(C)C)c1O. The molecule has 2 rings (SSSR count). The van der Waals surface area contributed by atoms with Crippen LogP contribution in [0.15, 0.2) is 30.8 Å². The number of phenolic OH excluding ortho intramolecular Hbond substituents is 2. The molecule has 29 heavy (non-hydrogen) atoms. The number of hydrogen-bond acceptors (Lipinski definition) is 2. The number of hydrogen-bond donors (Lipinski definition) is 2. The van der Waals surface area contributed by atoms with Gasteiger partial charge in [0.15, 0.2) is 0 Å². The van der Waals surface area contributed by atoms with Crippen LogP contribution in [0.2, 0.25) is 0 Å². The second-order valence-corrected chi connectivity index (χ2v) is 11.4. The van der Waals surface area contributed by atoms with Crippen LogP contribution < -0.4 is 0 Å². The Morgan fingerprint density at radius 2 is 0.931 bits per heavy atom. The van der Waals surface area contributed by atoms with Gasteiger partial charge in [-0.25, -0.2) is 0 Å². The van der Waals surface area contributed by atoms with Crippen molar-refractivity contribution in [2.75, 3.05) is 0 Å². The van der Waals surface area contributed by atoms with Crippen LogP contribution in [0.5, 0.6) is 11.5 Å². The molecule has 2 N–H and O–H groups in total. The molecule has 2 heteroatoms. The zero-order valence-corrected chi connectivity index (χ0v) is 19.9. The van der Waals surface area contributed by atoms with E-state index in [0.29, 0.717) is 11.5 Å². The van der Waals surface area contributed by atoms with Gasteiger partial charge in [0.1, 0.15) is 11.5 Å². The molecule has 0 heterocycles. The fourth-order valence-electron chi connectivity index (χ4n) is 3.64. The Morgan fingerprint density at radius 3 is 1.24 bits per heavy atom. The van der Waals surface area contributed by atoms with Gasteiger partial charge in [-0.2, -0.15) is 0 Å². The highest BCUT2D eigenvalue weighted by molar-refractivity contribution is 5.78. The molecule has 0 fully saturated rings. The lowest BCUT2D eigenvalue weighted by molar-refractivity contribution is 0.423. The van der Waals surface area contributed by atoms with Crippen molar-refractivity contribution in [3.8, 4) is 22.6 Å². The second-order valence-electron chi connectivity index (χ2n) is 11.4. The van der Waals surface area contributed by atoms with Crippen LogP contribution in [0, 0.1) is 0 Å². The molecule has 0 saturated carbocycles. The summed E-state index contributed by atoms with van der Waals surface area (Å²) in [5, 5.41) is 21.9. The summed E-state index contributed by atoms with van der Waals surface area (Å²) in [4.78, 5) is 0. The summed E-state index contributed by atoms with van der Waals surface area (Å²) in [5.41, 5.74) is 5.85. The minimum Gasteiger partial charge on any atom is -0.507 e. The average molecular weight is 395 g/mol. The molecule has 0 aliphatic rings. The molecule has 0 bridgehead atoms. The monoisotopic (exact) mass is 394 g/mol. The first kappa shape index (κ1) is 23.1. The quantitative estimate of drug-likeness (QED) is 0.548. The van der Waals surface area contributed by atoms with Gasteiger partial charge >= 0.3 is 0 Å². The van der Waals surface area contributed by atoms with Crippen LogP contribution in [0.4, 0.5) is 0 Å². The number of rotatable bonds is 2. The summed E-state index contributed by atoms with van der Waals surface area (Å²) in [7, 11) is 0. The van der Waals surface area contributed by atoms with Gasteiger partial charge in [0.05, 0.1) is 0 Å². The number of allylic oxidation sites excluding steroid dienone is 1. The van der Waals surface area contributed by atoms with Crippen molar-refractivity contribution < 1.29 is 10.2 Å². The lowest BCUT2D eigenvalue weighted by Crippen LogP contribution is -2.17. The average Bonchev–Trinajstić information content (AvgIpc) is 2.51. The van der Waals surface area contributed by atoms with Crippen molar-refractivity contribution in [2.24, 2.45) is 0 Å².